The average Bonchev–Trinajstić information content (AvgIpc) is 2.53. The predicted octanol–water partition coefficient (Wildman–Crippen LogP) is 3.52. The van der Waals surface area contributed by atoms with E-state index in [1.165, 1.54) is 0 Å². The van der Waals surface area contributed by atoms with Crippen LogP contribution in [0.25, 0.3) is 0 Å². The zero-order valence-corrected chi connectivity index (χ0v) is 13.8. The molecule has 0 saturated heterocycles. The maximum Gasteiger partial charge on any atom is 0.133 e. The largest absolute Gasteiger partial charge is 0.497 e. The van der Waals surface area contributed by atoms with Gasteiger partial charge in [0, 0.05) is 5.56 Å². The van der Waals surface area contributed by atoms with Crippen molar-refractivity contribution in [3.63, 3.8) is 0 Å². The Bertz CT molecular complexity index is 631. The van der Waals surface area contributed by atoms with Crippen molar-refractivity contribution < 1.29 is 14.2 Å². The number of halogens is 1. The molecule has 5 heteroatoms. The van der Waals surface area contributed by atoms with E-state index in [-0.39, 0.29) is 6.04 Å². The Labute approximate surface area is 132 Å². The van der Waals surface area contributed by atoms with E-state index in [9.17, 15) is 0 Å². The second kappa shape index (κ2) is 6.83. The molecule has 2 rings (SSSR count). The highest BCUT2D eigenvalue weighted by Gasteiger charge is 2.17. The molecule has 0 bridgehead atoms. The fourth-order valence-corrected chi connectivity index (χ4v) is 2.63. The lowest BCUT2D eigenvalue weighted by Crippen LogP contribution is -2.13. The van der Waals surface area contributed by atoms with E-state index in [4.69, 9.17) is 19.9 Å². The number of methoxy groups -OCH3 is 3. The molecule has 0 spiro atoms. The molecule has 0 fully saturated rings. The fraction of sp³-hybridized carbons (Fsp3) is 0.250. The predicted molar refractivity (Wildman–Crippen MR) is 86.3 cm³/mol. The minimum atomic E-state index is -0.336. The molecular formula is C16H18BrNO3. The molecule has 0 aliphatic rings. The minimum absolute atomic E-state index is 0.336. The van der Waals surface area contributed by atoms with Gasteiger partial charge in [0.1, 0.15) is 17.2 Å². The second-order valence-electron chi connectivity index (χ2n) is 4.48. The molecule has 0 amide bonds. The molecule has 2 aromatic carbocycles. The van der Waals surface area contributed by atoms with Gasteiger partial charge in [-0.3, -0.25) is 0 Å². The lowest BCUT2D eigenvalue weighted by Gasteiger charge is -2.18. The van der Waals surface area contributed by atoms with Gasteiger partial charge in [-0.25, -0.2) is 0 Å². The van der Waals surface area contributed by atoms with E-state index in [0.717, 1.165) is 21.3 Å². The number of hydrogen-bond acceptors (Lipinski definition) is 4. The van der Waals surface area contributed by atoms with Gasteiger partial charge in [0.15, 0.2) is 0 Å². The van der Waals surface area contributed by atoms with Gasteiger partial charge in [0.2, 0.25) is 0 Å². The third kappa shape index (κ3) is 3.31. The van der Waals surface area contributed by atoms with E-state index in [2.05, 4.69) is 15.9 Å². The van der Waals surface area contributed by atoms with Crippen molar-refractivity contribution in [2.75, 3.05) is 21.3 Å². The Morgan fingerprint density at radius 1 is 0.952 bits per heavy atom. The van der Waals surface area contributed by atoms with Crippen molar-refractivity contribution >= 4 is 15.9 Å². The van der Waals surface area contributed by atoms with Gasteiger partial charge in [-0.05, 0) is 45.8 Å². The summed E-state index contributed by atoms with van der Waals surface area (Å²) in [6.45, 7) is 0. The van der Waals surface area contributed by atoms with Crippen LogP contribution in [0.2, 0.25) is 0 Å². The third-order valence-electron chi connectivity index (χ3n) is 3.29. The van der Waals surface area contributed by atoms with Crippen LogP contribution >= 0.6 is 15.9 Å². The van der Waals surface area contributed by atoms with Gasteiger partial charge >= 0.3 is 0 Å². The molecule has 1 unspecified atom stereocenters. The molecule has 0 aromatic heterocycles. The summed E-state index contributed by atoms with van der Waals surface area (Å²) >= 11 is 3.44. The summed E-state index contributed by atoms with van der Waals surface area (Å²) in [6, 6.07) is 11.1. The molecule has 0 heterocycles. The van der Waals surface area contributed by atoms with Gasteiger partial charge in [-0.15, -0.1) is 0 Å². The first-order valence-corrected chi connectivity index (χ1v) is 7.21. The first kappa shape index (κ1) is 15.7. The minimum Gasteiger partial charge on any atom is -0.497 e. The summed E-state index contributed by atoms with van der Waals surface area (Å²) < 4.78 is 16.8. The molecule has 4 nitrogen and oxygen atoms in total. The molecule has 0 saturated carbocycles. The summed E-state index contributed by atoms with van der Waals surface area (Å²) in [6.07, 6.45) is 0. The molecule has 0 aliphatic carbocycles. The maximum atomic E-state index is 6.38. The molecule has 1 atom stereocenters. The first-order chi connectivity index (χ1) is 10.1. The maximum absolute atomic E-state index is 6.38. The third-order valence-corrected chi connectivity index (χ3v) is 3.91. The van der Waals surface area contributed by atoms with E-state index in [0.29, 0.717) is 11.5 Å². The van der Waals surface area contributed by atoms with Crippen LogP contribution in [0.1, 0.15) is 17.2 Å². The van der Waals surface area contributed by atoms with Crippen LogP contribution in [0.4, 0.5) is 0 Å². The Morgan fingerprint density at radius 3 is 2.29 bits per heavy atom. The number of benzene rings is 2. The quantitative estimate of drug-likeness (QED) is 0.895. The summed E-state index contributed by atoms with van der Waals surface area (Å²) in [7, 11) is 4.87. The second-order valence-corrected chi connectivity index (χ2v) is 5.34. The van der Waals surface area contributed by atoms with E-state index in [1.807, 2.05) is 36.4 Å². The van der Waals surface area contributed by atoms with Crippen LogP contribution < -0.4 is 19.9 Å². The summed E-state index contributed by atoms with van der Waals surface area (Å²) in [5, 5.41) is 0. The first-order valence-electron chi connectivity index (χ1n) is 6.41. The average molecular weight is 352 g/mol. The Morgan fingerprint density at radius 2 is 1.67 bits per heavy atom. The highest BCUT2D eigenvalue weighted by atomic mass is 79.9. The lowest BCUT2D eigenvalue weighted by atomic mass is 9.98. The van der Waals surface area contributed by atoms with E-state index >= 15 is 0 Å². The highest BCUT2D eigenvalue weighted by molar-refractivity contribution is 9.10. The Kier molecular flexibility index (Phi) is 5.09. The summed E-state index contributed by atoms with van der Waals surface area (Å²) in [4.78, 5) is 0. The number of rotatable bonds is 5. The highest BCUT2D eigenvalue weighted by Crippen LogP contribution is 2.37. The van der Waals surface area contributed by atoms with Crippen LogP contribution in [0.3, 0.4) is 0 Å². The standard InChI is InChI=1S/C16H18BrNO3/c1-19-11-6-4-5-10(7-11)16(18)12-8-15(21-3)13(17)9-14(12)20-2/h4-9,16H,18H2,1-3H3. The van der Waals surface area contributed by atoms with E-state index < -0.39 is 0 Å². The van der Waals surface area contributed by atoms with Gasteiger partial charge in [0.05, 0.1) is 31.8 Å². The van der Waals surface area contributed by atoms with Gasteiger partial charge in [-0.2, -0.15) is 0 Å². The smallest absolute Gasteiger partial charge is 0.133 e. The molecule has 2 aromatic rings. The molecule has 0 radical (unpaired) electrons. The zero-order chi connectivity index (χ0) is 15.4. The fourth-order valence-electron chi connectivity index (χ4n) is 2.14. The van der Waals surface area contributed by atoms with Crippen LogP contribution in [-0.4, -0.2) is 21.3 Å². The normalized spacial score (nSPS) is 11.9. The van der Waals surface area contributed by atoms with Crippen molar-refractivity contribution in [1.82, 2.24) is 0 Å². The molecular weight excluding hydrogens is 334 g/mol. The number of nitrogens with two attached hydrogens (primary N) is 1. The molecule has 112 valence electrons. The van der Waals surface area contributed by atoms with Crippen molar-refractivity contribution in [2.45, 2.75) is 6.04 Å². The number of hydrogen-bond donors (Lipinski definition) is 1. The van der Waals surface area contributed by atoms with Gasteiger partial charge in [-0.1, -0.05) is 12.1 Å². The van der Waals surface area contributed by atoms with Gasteiger partial charge in [0.25, 0.3) is 0 Å². The molecule has 0 aliphatic heterocycles. The monoisotopic (exact) mass is 351 g/mol. The summed E-state index contributed by atoms with van der Waals surface area (Å²) in [5.74, 6) is 2.19. The molecule has 21 heavy (non-hydrogen) atoms. The number of ether oxygens (including phenoxy) is 3. The van der Waals surface area contributed by atoms with Crippen LogP contribution in [0.5, 0.6) is 17.2 Å². The SMILES string of the molecule is COc1cccc(C(N)c2cc(OC)c(Br)cc2OC)c1. The summed E-state index contributed by atoms with van der Waals surface area (Å²) in [5.41, 5.74) is 8.18. The van der Waals surface area contributed by atoms with Gasteiger partial charge < -0.3 is 19.9 Å². The Hall–Kier alpha value is -1.72. The Balaban J connectivity index is 2.48. The van der Waals surface area contributed by atoms with Crippen molar-refractivity contribution in [3.05, 3.63) is 52.0 Å². The van der Waals surface area contributed by atoms with E-state index in [1.54, 1.807) is 21.3 Å². The van der Waals surface area contributed by atoms with Crippen LogP contribution in [0.15, 0.2) is 40.9 Å². The van der Waals surface area contributed by atoms with Crippen LogP contribution in [0, 0.1) is 0 Å². The molecule has 2 N–H and O–H groups in total. The van der Waals surface area contributed by atoms with Crippen LogP contribution in [-0.2, 0) is 0 Å². The topological polar surface area (TPSA) is 53.7 Å². The van der Waals surface area contributed by atoms with Crippen molar-refractivity contribution in [1.29, 1.82) is 0 Å². The lowest BCUT2D eigenvalue weighted by molar-refractivity contribution is 0.395. The van der Waals surface area contributed by atoms with Crippen molar-refractivity contribution in [3.8, 4) is 17.2 Å². The zero-order valence-electron chi connectivity index (χ0n) is 12.2. The van der Waals surface area contributed by atoms with Crippen molar-refractivity contribution in [2.24, 2.45) is 5.73 Å².